The largest absolute Gasteiger partial charge is 0.534 e. The first-order chi connectivity index (χ1) is 16.1. The zero-order chi connectivity index (χ0) is 24.5. The van der Waals surface area contributed by atoms with E-state index < -0.39 is 21.4 Å². The molecule has 0 saturated carbocycles. The molecular formula is C22H15F3N4O4S. The second-order valence-electron chi connectivity index (χ2n) is 6.98. The Balaban J connectivity index is 1.68. The lowest BCUT2D eigenvalue weighted by molar-refractivity contribution is -0.0500. The summed E-state index contributed by atoms with van der Waals surface area (Å²) in [6.45, 7) is 8.80. The van der Waals surface area contributed by atoms with Crippen LogP contribution in [0, 0.1) is 13.5 Å². The SMILES string of the molecule is [C-]#[N+]c1cnn2cc(OS(=O)(=O)C(F)(F)F)c(C)c2c1Nc1ccc(Oc2ccccc2)cc1. The quantitative estimate of drug-likeness (QED) is 0.205. The van der Waals surface area contributed by atoms with Gasteiger partial charge >= 0.3 is 15.6 Å². The average Bonchev–Trinajstić information content (AvgIpc) is 3.10. The van der Waals surface area contributed by atoms with Gasteiger partial charge in [0.2, 0.25) is 5.69 Å². The number of ether oxygens (including phenoxy) is 1. The Hall–Kier alpha value is -4.24. The molecule has 0 aliphatic heterocycles. The third-order valence-corrected chi connectivity index (χ3v) is 5.66. The van der Waals surface area contributed by atoms with Crippen LogP contribution < -0.4 is 14.2 Å². The third-order valence-electron chi connectivity index (χ3n) is 4.70. The molecule has 4 aromatic rings. The van der Waals surface area contributed by atoms with Crippen LogP contribution in [-0.4, -0.2) is 23.5 Å². The van der Waals surface area contributed by atoms with Gasteiger partial charge in [-0.05, 0) is 43.3 Å². The summed E-state index contributed by atoms with van der Waals surface area (Å²) in [5.74, 6) is 0.662. The van der Waals surface area contributed by atoms with Gasteiger partial charge < -0.3 is 14.2 Å². The first-order valence-corrected chi connectivity index (χ1v) is 11.0. The van der Waals surface area contributed by atoms with Crippen molar-refractivity contribution >= 4 is 32.7 Å². The Morgan fingerprint density at radius 2 is 1.71 bits per heavy atom. The van der Waals surface area contributed by atoms with Crippen LogP contribution in [0.25, 0.3) is 10.4 Å². The lowest BCUT2D eigenvalue weighted by Crippen LogP contribution is -2.28. The van der Waals surface area contributed by atoms with Crippen molar-refractivity contribution in [2.75, 3.05) is 5.32 Å². The minimum absolute atomic E-state index is 0.0531. The van der Waals surface area contributed by atoms with Crippen molar-refractivity contribution in [2.24, 2.45) is 0 Å². The molecule has 2 heterocycles. The standard InChI is InChI=1S/C22H15F3N4O4S/c1-14-19(33-34(30,31)22(23,24)25)13-29-21(14)20(18(26-2)12-27-29)28-15-8-10-17(11-9-15)32-16-6-4-3-5-7-16/h3-13,28H,1H3. The molecule has 8 nitrogen and oxygen atoms in total. The fraction of sp³-hybridized carbons (Fsp3) is 0.0909. The predicted octanol–water partition coefficient (Wildman–Crippen LogP) is 5.96. The molecule has 0 aliphatic carbocycles. The first-order valence-electron chi connectivity index (χ1n) is 9.58. The van der Waals surface area contributed by atoms with Crippen molar-refractivity contribution in [2.45, 2.75) is 12.4 Å². The summed E-state index contributed by atoms with van der Waals surface area (Å²) in [4.78, 5) is 3.40. The zero-order valence-corrected chi connectivity index (χ0v) is 18.2. The van der Waals surface area contributed by atoms with Crippen molar-refractivity contribution in [1.82, 2.24) is 9.61 Å². The van der Waals surface area contributed by atoms with Crippen molar-refractivity contribution < 1.29 is 30.5 Å². The smallest absolute Gasteiger partial charge is 0.457 e. The number of alkyl halides is 3. The number of aromatic nitrogens is 2. The number of aryl methyl sites for hydroxylation is 1. The molecule has 0 fully saturated rings. The van der Waals surface area contributed by atoms with E-state index in [0.717, 1.165) is 10.7 Å². The van der Waals surface area contributed by atoms with Gasteiger partial charge in [-0.15, -0.1) is 0 Å². The first kappa shape index (κ1) is 22.9. The van der Waals surface area contributed by atoms with Crippen LogP contribution in [0.4, 0.5) is 30.2 Å². The van der Waals surface area contributed by atoms with Gasteiger partial charge in [0.25, 0.3) is 0 Å². The van der Waals surface area contributed by atoms with Crippen LogP contribution in [0.1, 0.15) is 5.56 Å². The zero-order valence-electron chi connectivity index (χ0n) is 17.4. The van der Waals surface area contributed by atoms with Crippen LogP contribution >= 0.6 is 0 Å². The minimum atomic E-state index is -5.87. The molecular weight excluding hydrogens is 473 g/mol. The van der Waals surface area contributed by atoms with E-state index in [1.165, 1.54) is 13.1 Å². The van der Waals surface area contributed by atoms with Crippen molar-refractivity contribution in [3.63, 3.8) is 0 Å². The summed E-state index contributed by atoms with van der Waals surface area (Å²) in [6.07, 6.45) is 2.21. The number of benzene rings is 2. The second kappa shape index (κ2) is 8.60. The molecule has 2 aromatic carbocycles. The van der Waals surface area contributed by atoms with Crippen LogP contribution in [0.2, 0.25) is 0 Å². The number of anilines is 2. The molecule has 0 radical (unpaired) electrons. The second-order valence-corrected chi connectivity index (χ2v) is 8.51. The highest BCUT2D eigenvalue weighted by atomic mass is 32.2. The average molecular weight is 488 g/mol. The number of rotatable bonds is 6. The number of hydrogen-bond acceptors (Lipinski definition) is 6. The fourth-order valence-electron chi connectivity index (χ4n) is 3.09. The molecule has 2 aromatic heterocycles. The highest BCUT2D eigenvalue weighted by Crippen LogP contribution is 2.39. The molecule has 0 amide bonds. The van der Waals surface area contributed by atoms with E-state index >= 15 is 0 Å². The molecule has 0 atom stereocenters. The van der Waals surface area contributed by atoms with E-state index in [2.05, 4.69) is 19.4 Å². The summed E-state index contributed by atoms with van der Waals surface area (Å²) in [6, 6.07) is 15.9. The fourth-order valence-corrected chi connectivity index (χ4v) is 3.59. The maximum absolute atomic E-state index is 12.8. The van der Waals surface area contributed by atoms with Gasteiger partial charge in [-0.3, -0.25) is 0 Å². The van der Waals surface area contributed by atoms with Crippen molar-refractivity contribution in [3.05, 3.63) is 84.0 Å². The van der Waals surface area contributed by atoms with Gasteiger partial charge in [0.05, 0.1) is 30.2 Å². The summed E-state index contributed by atoms with van der Waals surface area (Å²) in [5, 5.41) is 7.02. The highest BCUT2D eigenvalue weighted by molar-refractivity contribution is 7.88. The van der Waals surface area contributed by atoms with Crippen LogP contribution in [0.15, 0.2) is 67.0 Å². The van der Waals surface area contributed by atoms with E-state index in [1.54, 1.807) is 36.4 Å². The number of nitrogens with one attached hydrogen (secondary N) is 1. The maximum atomic E-state index is 12.8. The molecule has 0 unspecified atom stereocenters. The summed E-state index contributed by atoms with van der Waals surface area (Å²) in [7, 11) is -5.87. The lowest BCUT2D eigenvalue weighted by Gasteiger charge is -2.12. The van der Waals surface area contributed by atoms with E-state index in [9.17, 15) is 21.6 Å². The molecule has 0 aliphatic rings. The topological polar surface area (TPSA) is 86.3 Å². The van der Waals surface area contributed by atoms with Crippen LogP contribution in [0.3, 0.4) is 0 Å². The normalized spacial score (nSPS) is 11.7. The van der Waals surface area contributed by atoms with Crippen molar-refractivity contribution in [3.8, 4) is 17.2 Å². The van der Waals surface area contributed by atoms with Gasteiger partial charge in [-0.25, -0.2) is 9.36 Å². The number of hydrogen-bond donors (Lipinski definition) is 1. The molecule has 4 rings (SSSR count). The summed E-state index contributed by atoms with van der Waals surface area (Å²) < 4.78 is 72.4. The number of para-hydroxylation sites is 1. The van der Waals surface area contributed by atoms with Crippen molar-refractivity contribution in [1.29, 1.82) is 0 Å². The lowest BCUT2D eigenvalue weighted by atomic mass is 10.2. The molecule has 174 valence electrons. The summed E-state index contributed by atoms with van der Waals surface area (Å²) in [5.41, 5.74) is -4.51. The van der Waals surface area contributed by atoms with E-state index in [0.29, 0.717) is 17.2 Å². The van der Waals surface area contributed by atoms with Gasteiger partial charge in [0.1, 0.15) is 11.5 Å². The van der Waals surface area contributed by atoms with Gasteiger partial charge in [0, 0.05) is 11.3 Å². The monoisotopic (exact) mass is 488 g/mol. The summed E-state index contributed by atoms with van der Waals surface area (Å²) >= 11 is 0. The Morgan fingerprint density at radius 1 is 1.06 bits per heavy atom. The van der Waals surface area contributed by atoms with Crippen LogP contribution in [-0.2, 0) is 10.1 Å². The molecule has 34 heavy (non-hydrogen) atoms. The number of fused-ring (bicyclic) bond motifs is 1. The number of nitrogens with zero attached hydrogens (tertiary/aromatic N) is 3. The van der Waals surface area contributed by atoms with Gasteiger partial charge in [0.15, 0.2) is 5.75 Å². The Bertz CT molecular complexity index is 1490. The Labute approximate surface area is 192 Å². The third kappa shape index (κ3) is 4.46. The molecule has 0 spiro atoms. The Morgan fingerprint density at radius 3 is 2.32 bits per heavy atom. The van der Waals surface area contributed by atoms with Gasteiger partial charge in [-0.1, -0.05) is 18.2 Å². The highest BCUT2D eigenvalue weighted by Gasteiger charge is 2.49. The van der Waals surface area contributed by atoms with E-state index in [1.807, 2.05) is 18.2 Å². The minimum Gasteiger partial charge on any atom is -0.457 e. The molecule has 1 N–H and O–H groups in total. The predicted molar refractivity (Wildman–Crippen MR) is 118 cm³/mol. The molecule has 12 heteroatoms. The van der Waals surface area contributed by atoms with Gasteiger partial charge in [-0.2, -0.15) is 26.7 Å². The van der Waals surface area contributed by atoms with Crippen LogP contribution in [0.5, 0.6) is 17.2 Å². The maximum Gasteiger partial charge on any atom is 0.534 e. The Kier molecular flexibility index (Phi) is 5.80. The van der Waals surface area contributed by atoms with E-state index in [4.69, 9.17) is 11.3 Å². The van der Waals surface area contributed by atoms with E-state index in [-0.39, 0.29) is 22.5 Å². The number of halogens is 3. The molecule has 0 saturated heterocycles. The molecule has 0 bridgehead atoms.